The minimum atomic E-state index is -0.564. The summed E-state index contributed by atoms with van der Waals surface area (Å²) in [5, 5.41) is 3.98. The number of Topliss-reactive ketones (excluding diaryl/α,β-unsaturated/α-hetero) is 1. The fraction of sp³-hybridized carbons (Fsp3) is 0.615. The molecule has 0 radical (unpaired) electrons. The van der Waals surface area contributed by atoms with Crippen molar-refractivity contribution in [2.45, 2.75) is 45.1 Å². The van der Waals surface area contributed by atoms with Crippen LogP contribution in [0.15, 0.2) is 0 Å². The molecular weight excluding hydrogens is 264 g/mol. The van der Waals surface area contributed by atoms with Gasteiger partial charge in [0.05, 0.1) is 7.11 Å². The van der Waals surface area contributed by atoms with Crippen LogP contribution >= 0.6 is 11.3 Å². The predicted molar refractivity (Wildman–Crippen MR) is 74.0 cm³/mol. The first-order chi connectivity index (χ1) is 8.95. The molecule has 1 aromatic heterocycles. The van der Waals surface area contributed by atoms with Gasteiger partial charge in [0.2, 0.25) is 0 Å². The average molecular weight is 282 g/mol. The molecule has 1 fully saturated rings. The SMILES string of the molecule is COC(=O)c1nc(NC2(C)CCCC2)sc1C(C)=O. The number of anilines is 1. The molecule has 0 bridgehead atoms. The van der Waals surface area contributed by atoms with Gasteiger partial charge in [-0.1, -0.05) is 24.2 Å². The fourth-order valence-corrected chi connectivity index (χ4v) is 3.38. The number of hydrogen-bond acceptors (Lipinski definition) is 6. The second kappa shape index (κ2) is 5.28. The van der Waals surface area contributed by atoms with Crippen LogP contribution in [0.4, 0.5) is 5.13 Å². The Bertz CT molecular complexity index is 504. The zero-order chi connectivity index (χ0) is 14.0. The Morgan fingerprint density at radius 3 is 2.53 bits per heavy atom. The third kappa shape index (κ3) is 2.94. The van der Waals surface area contributed by atoms with Gasteiger partial charge in [-0.3, -0.25) is 4.79 Å². The van der Waals surface area contributed by atoms with E-state index in [9.17, 15) is 9.59 Å². The molecule has 104 valence electrons. The molecule has 1 aromatic rings. The minimum Gasteiger partial charge on any atom is -0.464 e. The Balaban J connectivity index is 2.27. The number of methoxy groups -OCH3 is 1. The summed E-state index contributed by atoms with van der Waals surface area (Å²) in [6, 6.07) is 0. The number of esters is 1. The van der Waals surface area contributed by atoms with Crippen molar-refractivity contribution in [2.24, 2.45) is 0 Å². The van der Waals surface area contributed by atoms with Crippen LogP contribution in [0.3, 0.4) is 0 Å². The largest absolute Gasteiger partial charge is 0.464 e. The van der Waals surface area contributed by atoms with Crippen LogP contribution < -0.4 is 5.32 Å². The van der Waals surface area contributed by atoms with Gasteiger partial charge in [0.25, 0.3) is 0 Å². The number of rotatable bonds is 4. The third-order valence-corrected chi connectivity index (χ3v) is 4.51. The van der Waals surface area contributed by atoms with Gasteiger partial charge in [0.1, 0.15) is 4.88 Å². The number of aromatic nitrogens is 1. The zero-order valence-corrected chi connectivity index (χ0v) is 12.2. The van der Waals surface area contributed by atoms with Crippen LogP contribution in [0.1, 0.15) is 59.7 Å². The third-order valence-electron chi connectivity index (χ3n) is 3.44. The summed E-state index contributed by atoms with van der Waals surface area (Å²) in [6.45, 7) is 3.58. The van der Waals surface area contributed by atoms with Gasteiger partial charge in [-0.25, -0.2) is 9.78 Å². The number of carbonyl (C=O) groups excluding carboxylic acids is 2. The summed E-state index contributed by atoms with van der Waals surface area (Å²) in [5.41, 5.74) is 0.128. The van der Waals surface area contributed by atoms with Gasteiger partial charge >= 0.3 is 5.97 Å². The molecule has 1 aliphatic rings. The molecule has 0 saturated heterocycles. The summed E-state index contributed by atoms with van der Waals surface area (Å²) in [5.74, 6) is -0.728. The maximum absolute atomic E-state index is 11.6. The van der Waals surface area contributed by atoms with Crippen molar-refractivity contribution in [2.75, 3.05) is 12.4 Å². The van der Waals surface area contributed by atoms with Crippen LogP contribution in [-0.2, 0) is 4.74 Å². The first-order valence-electron chi connectivity index (χ1n) is 6.33. The van der Waals surface area contributed by atoms with Crippen LogP contribution in [0.5, 0.6) is 0 Å². The van der Waals surface area contributed by atoms with Gasteiger partial charge in [-0.05, 0) is 19.8 Å². The normalized spacial score (nSPS) is 17.2. The summed E-state index contributed by atoms with van der Waals surface area (Å²) in [6.07, 6.45) is 4.54. The van der Waals surface area contributed by atoms with E-state index < -0.39 is 5.97 Å². The Morgan fingerprint density at radius 2 is 2.00 bits per heavy atom. The van der Waals surface area contributed by atoms with Crippen LogP contribution in [0, 0.1) is 0 Å². The van der Waals surface area contributed by atoms with Gasteiger partial charge in [0.15, 0.2) is 16.6 Å². The summed E-state index contributed by atoms with van der Waals surface area (Å²) in [7, 11) is 1.29. The Hall–Kier alpha value is -1.43. The highest BCUT2D eigenvalue weighted by atomic mass is 32.1. The summed E-state index contributed by atoms with van der Waals surface area (Å²) in [4.78, 5) is 27.7. The Morgan fingerprint density at radius 1 is 1.37 bits per heavy atom. The van der Waals surface area contributed by atoms with Crippen molar-refractivity contribution in [1.82, 2.24) is 4.98 Å². The molecule has 0 aliphatic heterocycles. The van der Waals surface area contributed by atoms with E-state index in [-0.39, 0.29) is 17.0 Å². The van der Waals surface area contributed by atoms with Crippen molar-refractivity contribution in [1.29, 1.82) is 0 Å². The molecule has 6 heteroatoms. The molecule has 0 amide bonds. The first-order valence-corrected chi connectivity index (χ1v) is 7.15. The lowest BCUT2D eigenvalue weighted by atomic mass is 10.0. The number of hydrogen-bond donors (Lipinski definition) is 1. The highest BCUT2D eigenvalue weighted by Gasteiger charge is 2.30. The monoisotopic (exact) mass is 282 g/mol. The molecule has 1 N–H and O–H groups in total. The molecule has 0 aromatic carbocycles. The van der Waals surface area contributed by atoms with E-state index in [0.29, 0.717) is 10.0 Å². The lowest BCUT2D eigenvalue weighted by Crippen LogP contribution is -2.30. The predicted octanol–water partition coefficient (Wildman–Crippen LogP) is 2.88. The standard InChI is InChI=1S/C13H18N2O3S/c1-8(16)10-9(11(17)18-3)14-12(19-10)15-13(2)6-4-5-7-13/h4-7H2,1-3H3,(H,14,15). The van der Waals surface area contributed by atoms with Crippen LogP contribution in [-0.4, -0.2) is 29.4 Å². The molecule has 0 atom stereocenters. The van der Waals surface area contributed by atoms with Crippen molar-refractivity contribution in [3.8, 4) is 0 Å². The Kier molecular flexibility index (Phi) is 3.89. The lowest BCUT2D eigenvalue weighted by Gasteiger charge is -2.24. The molecule has 0 unspecified atom stereocenters. The topological polar surface area (TPSA) is 68.3 Å². The summed E-state index contributed by atoms with van der Waals surface area (Å²) >= 11 is 1.22. The number of ketones is 1. The van der Waals surface area contributed by atoms with E-state index in [1.165, 1.54) is 38.2 Å². The van der Waals surface area contributed by atoms with Crippen molar-refractivity contribution < 1.29 is 14.3 Å². The maximum Gasteiger partial charge on any atom is 0.358 e. The second-order valence-corrected chi connectivity index (χ2v) is 6.14. The molecule has 1 saturated carbocycles. The highest BCUT2D eigenvalue weighted by Crippen LogP contribution is 2.34. The zero-order valence-electron chi connectivity index (χ0n) is 11.4. The van der Waals surface area contributed by atoms with Gasteiger partial charge in [0, 0.05) is 12.5 Å². The van der Waals surface area contributed by atoms with E-state index >= 15 is 0 Å². The second-order valence-electron chi connectivity index (χ2n) is 5.14. The molecule has 19 heavy (non-hydrogen) atoms. The average Bonchev–Trinajstić information content (AvgIpc) is 2.95. The first kappa shape index (κ1) is 14.0. The number of carbonyl (C=O) groups is 2. The molecule has 1 heterocycles. The number of thiazole rings is 1. The minimum absolute atomic E-state index is 0.0132. The van der Waals surface area contributed by atoms with Gasteiger partial charge in [-0.2, -0.15) is 0 Å². The van der Waals surface area contributed by atoms with Crippen molar-refractivity contribution in [3.05, 3.63) is 10.6 Å². The van der Waals surface area contributed by atoms with Crippen LogP contribution in [0.25, 0.3) is 0 Å². The molecule has 2 rings (SSSR count). The van der Waals surface area contributed by atoms with E-state index in [1.54, 1.807) is 0 Å². The maximum atomic E-state index is 11.6. The van der Waals surface area contributed by atoms with Gasteiger partial charge in [-0.15, -0.1) is 0 Å². The van der Waals surface area contributed by atoms with E-state index in [2.05, 4.69) is 22.0 Å². The van der Waals surface area contributed by atoms with Crippen molar-refractivity contribution >= 4 is 28.2 Å². The molecule has 1 aliphatic carbocycles. The number of nitrogens with zero attached hydrogens (tertiary/aromatic N) is 1. The highest BCUT2D eigenvalue weighted by molar-refractivity contribution is 7.17. The van der Waals surface area contributed by atoms with Crippen molar-refractivity contribution in [3.63, 3.8) is 0 Å². The van der Waals surface area contributed by atoms with E-state index in [0.717, 1.165) is 12.8 Å². The quantitative estimate of drug-likeness (QED) is 0.679. The molecular formula is C13H18N2O3S. The summed E-state index contributed by atoms with van der Waals surface area (Å²) < 4.78 is 4.66. The van der Waals surface area contributed by atoms with Crippen LogP contribution in [0.2, 0.25) is 0 Å². The number of nitrogens with one attached hydrogen (secondary N) is 1. The van der Waals surface area contributed by atoms with E-state index in [1.807, 2.05) is 0 Å². The Labute approximate surface area is 116 Å². The fourth-order valence-electron chi connectivity index (χ4n) is 2.39. The molecule has 5 nitrogen and oxygen atoms in total. The van der Waals surface area contributed by atoms with Gasteiger partial charge < -0.3 is 10.1 Å². The lowest BCUT2D eigenvalue weighted by molar-refractivity contribution is 0.0591. The van der Waals surface area contributed by atoms with E-state index in [4.69, 9.17) is 0 Å². The smallest absolute Gasteiger partial charge is 0.358 e. The molecule has 0 spiro atoms. The number of ether oxygens (including phenoxy) is 1.